The van der Waals surface area contributed by atoms with Gasteiger partial charge in [-0.25, -0.2) is 0 Å². The molecule has 2 aromatic rings. The fraction of sp³-hybridized carbons (Fsp3) is 0.235. The van der Waals surface area contributed by atoms with Crippen LogP contribution in [0.25, 0.3) is 0 Å². The van der Waals surface area contributed by atoms with Crippen LogP contribution in [0.3, 0.4) is 0 Å². The highest BCUT2D eigenvalue weighted by molar-refractivity contribution is 7.14. The van der Waals surface area contributed by atoms with Gasteiger partial charge in [0.25, 0.3) is 5.91 Å². The normalized spacial score (nSPS) is 11.3. The molecule has 150 valence electrons. The molecule has 0 aliphatic heterocycles. The molecule has 0 saturated carbocycles. The van der Waals surface area contributed by atoms with Gasteiger partial charge in [0, 0.05) is 0 Å². The quantitative estimate of drug-likeness (QED) is 0.647. The number of hydrogen-bond acceptors (Lipinski definition) is 5. The molecule has 0 fully saturated rings. The fourth-order valence-electron chi connectivity index (χ4n) is 2.34. The van der Waals surface area contributed by atoms with E-state index in [-0.39, 0.29) is 29.3 Å². The van der Waals surface area contributed by atoms with E-state index in [9.17, 15) is 27.6 Å². The molecule has 0 unspecified atom stereocenters. The molecular formula is C17H17F3N4O3S. The van der Waals surface area contributed by atoms with Gasteiger partial charge in [0.05, 0.1) is 29.9 Å². The number of halogens is 3. The van der Waals surface area contributed by atoms with Crippen molar-refractivity contribution < 1.29 is 27.6 Å². The van der Waals surface area contributed by atoms with Gasteiger partial charge < -0.3 is 16.4 Å². The number of nitrogens with two attached hydrogens (primary N) is 1. The highest BCUT2D eigenvalue weighted by Gasteiger charge is 2.33. The minimum Gasteiger partial charge on any atom is -0.366 e. The summed E-state index contributed by atoms with van der Waals surface area (Å²) in [5, 5.41) is 6.59. The molecule has 0 saturated heterocycles. The fourth-order valence-corrected chi connectivity index (χ4v) is 3.15. The van der Waals surface area contributed by atoms with Crippen LogP contribution in [0.1, 0.15) is 15.9 Å². The molecule has 0 bridgehead atoms. The predicted octanol–water partition coefficient (Wildman–Crippen LogP) is 2.37. The van der Waals surface area contributed by atoms with Crippen LogP contribution in [0.2, 0.25) is 0 Å². The summed E-state index contributed by atoms with van der Waals surface area (Å²) in [6.45, 7) is -0.531. The van der Waals surface area contributed by atoms with E-state index in [1.807, 2.05) is 0 Å². The van der Waals surface area contributed by atoms with Crippen molar-refractivity contribution >= 4 is 39.7 Å². The minimum atomic E-state index is -4.60. The third kappa shape index (κ3) is 5.79. The number of likely N-dealkylation sites (N-methyl/N-ethyl adjacent to an activating group) is 1. The summed E-state index contributed by atoms with van der Waals surface area (Å²) < 4.78 is 38.9. The van der Waals surface area contributed by atoms with Crippen LogP contribution in [0.4, 0.5) is 23.9 Å². The number of alkyl halides is 3. The van der Waals surface area contributed by atoms with Gasteiger partial charge in [-0.3, -0.25) is 19.3 Å². The number of anilines is 2. The van der Waals surface area contributed by atoms with Gasteiger partial charge >= 0.3 is 6.18 Å². The topological polar surface area (TPSA) is 105 Å². The Kier molecular flexibility index (Phi) is 6.75. The molecule has 28 heavy (non-hydrogen) atoms. The third-order valence-electron chi connectivity index (χ3n) is 3.52. The zero-order chi connectivity index (χ0) is 20.9. The van der Waals surface area contributed by atoms with Crippen molar-refractivity contribution in [1.29, 1.82) is 0 Å². The first-order valence-corrected chi connectivity index (χ1v) is 8.77. The van der Waals surface area contributed by atoms with Gasteiger partial charge in [-0.05, 0) is 30.6 Å². The Hall–Kier alpha value is -2.92. The molecule has 1 aromatic heterocycles. The second-order valence-corrected chi connectivity index (χ2v) is 6.76. The lowest BCUT2D eigenvalue weighted by molar-refractivity contribution is -0.137. The molecule has 11 heteroatoms. The molecule has 0 aliphatic carbocycles. The SMILES string of the molecule is CN(CC(=O)Nc1ccccc1C(F)(F)F)CC(=O)Nc1sccc1C(N)=O. The predicted molar refractivity (Wildman–Crippen MR) is 99.0 cm³/mol. The number of para-hydroxylation sites is 1. The minimum absolute atomic E-state index is 0.169. The van der Waals surface area contributed by atoms with E-state index in [4.69, 9.17) is 5.73 Å². The van der Waals surface area contributed by atoms with Crippen LogP contribution < -0.4 is 16.4 Å². The first-order valence-electron chi connectivity index (χ1n) is 7.89. The molecule has 0 radical (unpaired) electrons. The summed E-state index contributed by atoms with van der Waals surface area (Å²) in [6, 6.07) is 6.08. The Morgan fingerprint density at radius 1 is 1.07 bits per heavy atom. The first-order chi connectivity index (χ1) is 13.1. The van der Waals surface area contributed by atoms with Crippen LogP contribution in [0, 0.1) is 0 Å². The number of nitrogens with one attached hydrogen (secondary N) is 2. The van der Waals surface area contributed by atoms with Crippen molar-refractivity contribution in [2.45, 2.75) is 6.18 Å². The number of nitrogens with zero attached hydrogens (tertiary/aromatic N) is 1. The molecular weight excluding hydrogens is 397 g/mol. The molecule has 4 N–H and O–H groups in total. The van der Waals surface area contributed by atoms with E-state index >= 15 is 0 Å². The van der Waals surface area contributed by atoms with Gasteiger partial charge in [0.2, 0.25) is 11.8 Å². The zero-order valence-corrected chi connectivity index (χ0v) is 15.5. The smallest absolute Gasteiger partial charge is 0.366 e. The highest BCUT2D eigenvalue weighted by atomic mass is 32.1. The van der Waals surface area contributed by atoms with Crippen LogP contribution in [0.15, 0.2) is 35.7 Å². The average Bonchev–Trinajstić information content (AvgIpc) is 3.02. The van der Waals surface area contributed by atoms with E-state index in [1.54, 1.807) is 5.38 Å². The number of carbonyl (C=O) groups excluding carboxylic acids is 3. The van der Waals surface area contributed by atoms with Gasteiger partial charge in [0.1, 0.15) is 5.00 Å². The van der Waals surface area contributed by atoms with E-state index in [2.05, 4.69) is 10.6 Å². The lowest BCUT2D eigenvalue weighted by atomic mass is 10.1. The number of thiophene rings is 1. The van der Waals surface area contributed by atoms with Gasteiger partial charge in [-0.15, -0.1) is 11.3 Å². The maximum Gasteiger partial charge on any atom is 0.418 e. The Morgan fingerprint density at radius 3 is 2.29 bits per heavy atom. The van der Waals surface area contributed by atoms with Gasteiger partial charge in [0.15, 0.2) is 0 Å². The van der Waals surface area contributed by atoms with Crippen molar-refractivity contribution in [2.75, 3.05) is 30.8 Å². The zero-order valence-electron chi connectivity index (χ0n) is 14.7. The van der Waals surface area contributed by atoms with Crippen molar-refractivity contribution in [2.24, 2.45) is 5.73 Å². The second-order valence-electron chi connectivity index (χ2n) is 5.84. The molecule has 3 amide bonds. The second kappa shape index (κ2) is 8.85. The summed E-state index contributed by atoms with van der Waals surface area (Å²) in [4.78, 5) is 36.6. The number of primary amides is 1. The maximum absolute atomic E-state index is 13.0. The lowest BCUT2D eigenvalue weighted by Gasteiger charge is -2.17. The first kappa shape index (κ1) is 21.4. The number of amides is 3. The Bertz CT molecular complexity index is 883. The van der Waals surface area contributed by atoms with Crippen LogP contribution in [-0.4, -0.2) is 42.8 Å². The molecule has 1 heterocycles. The van der Waals surface area contributed by atoms with Crippen LogP contribution in [0.5, 0.6) is 0 Å². The molecule has 0 spiro atoms. The summed E-state index contributed by atoms with van der Waals surface area (Å²) in [5.74, 6) is -1.90. The van der Waals surface area contributed by atoms with E-state index < -0.39 is 29.5 Å². The number of hydrogen-bond donors (Lipinski definition) is 3. The Labute approximate surface area is 162 Å². The van der Waals surface area contributed by atoms with E-state index in [1.165, 1.54) is 30.1 Å². The summed E-state index contributed by atoms with van der Waals surface area (Å²) in [5.41, 5.74) is 4.04. The lowest BCUT2D eigenvalue weighted by Crippen LogP contribution is -2.36. The van der Waals surface area contributed by atoms with Crippen molar-refractivity contribution in [3.05, 3.63) is 46.8 Å². The standard InChI is InChI=1S/C17H17F3N4O3S/c1-24(9-14(26)23-16-10(15(21)27)6-7-28-16)8-13(25)22-12-5-3-2-4-11(12)17(18,19)20/h2-7H,8-9H2,1H3,(H2,21,27)(H,22,25)(H,23,26). The monoisotopic (exact) mass is 414 g/mol. The molecule has 2 rings (SSSR count). The van der Waals surface area contributed by atoms with Crippen molar-refractivity contribution in [1.82, 2.24) is 4.90 Å². The summed E-state index contributed by atoms with van der Waals surface area (Å²) in [6.07, 6.45) is -4.60. The van der Waals surface area contributed by atoms with Gasteiger partial charge in [-0.2, -0.15) is 13.2 Å². The van der Waals surface area contributed by atoms with Crippen molar-refractivity contribution in [3.8, 4) is 0 Å². The average molecular weight is 414 g/mol. The maximum atomic E-state index is 13.0. The summed E-state index contributed by atoms with van der Waals surface area (Å²) in [7, 11) is 1.46. The molecule has 7 nitrogen and oxygen atoms in total. The largest absolute Gasteiger partial charge is 0.418 e. The van der Waals surface area contributed by atoms with Crippen LogP contribution in [-0.2, 0) is 15.8 Å². The molecule has 0 aliphatic rings. The van der Waals surface area contributed by atoms with Crippen LogP contribution >= 0.6 is 11.3 Å². The number of carbonyl (C=O) groups is 3. The Balaban J connectivity index is 1.92. The molecule has 0 atom stereocenters. The highest BCUT2D eigenvalue weighted by Crippen LogP contribution is 2.34. The number of benzene rings is 1. The van der Waals surface area contributed by atoms with Crippen molar-refractivity contribution in [3.63, 3.8) is 0 Å². The van der Waals surface area contributed by atoms with E-state index in [0.717, 1.165) is 23.5 Å². The summed E-state index contributed by atoms with van der Waals surface area (Å²) >= 11 is 1.12. The van der Waals surface area contributed by atoms with Gasteiger partial charge in [-0.1, -0.05) is 12.1 Å². The Morgan fingerprint density at radius 2 is 1.68 bits per heavy atom. The van der Waals surface area contributed by atoms with E-state index in [0.29, 0.717) is 0 Å². The number of rotatable bonds is 7. The molecule has 1 aromatic carbocycles. The third-order valence-corrected chi connectivity index (χ3v) is 4.35.